The van der Waals surface area contributed by atoms with Crippen LogP contribution in [0.4, 0.5) is 0 Å². The second-order valence-corrected chi connectivity index (χ2v) is 7.36. The van der Waals surface area contributed by atoms with Gasteiger partial charge in [0.1, 0.15) is 0 Å². The molecule has 0 amide bonds. The molecule has 1 atom stereocenters. The molecule has 2 nitrogen and oxygen atoms in total. The molecule has 2 rings (SSSR count). The van der Waals surface area contributed by atoms with E-state index in [1.165, 1.54) is 48.7 Å². The molecule has 19 heavy (non-hydrogen) atoms. The van der Waals surface area contributed by atoms with Crippen molar-refractivity contribution in [3.8, 4) is 0 Å². The number of thiophene rings is 1. The number of rotatable bonds is 7. The molecule has 1 saturated heterocycles. The SMILES string of the molecule is CCc1ccc(CN(CC(C)C)CC2CCCN2)s1. The van der Waals surface area contributed by atoms with Gasteiger partial charge >= 0.3 is 0 Å². The third-order valence-electron chi connectivity index (χ3n) is 3.71. The van der Waals surface area contributed by atoms with Crippen molar-refractivity contribution in [2.24, 2.45) is 5.92 Å². The van der Waals surface area contributed by atoms with E-state index in [4.69, 9.17) is 0 Å². The van der Waals surface area contributed by atoms with Crippen molar-refractivity contribution in [3.05, 3.63) is 21.9 Å². The molecule has 2 heterocycles. The van der Waals surface area contributed by atoms with Crippen LogP contribution in [0, 0.1) is 5.92 Å². The van der Waals surface area contributed by atoms with Crippen LogP contribution in [0.2, 0.25) is 0 Å². The molecular formula is C16H28N2S. The summed E-state index contributed by atoms with van der Waals surface area (Å²) in [4.78, 5) is 5.67. The summed E-state index contributed by atoms with van der Waals surface area (Å²) in [6.07, 6.45) is 3.86. The van der Waals surface area contributed by atoms with E-state index in [-0.39, 0.29) is 0 Å². The van der Waals surface area contributed by atoms with Crippen LogP contribution in [0.25, 0.3) is 0 Å². The Morgan fingerprint density at radius 1 is 1.37 bits per heavy atom. The van der Waals surface area contributed by atoms with E-state index < -0.39 is 0 Å². The summed E-state index contributed by atoms with van der Waals surface area (Å²) in [6.45, 7) is 11.6. The molecule has 1 aliphatic rings. The summed E-state index contributed by atoms with van der Waals surface area (Å²) in [5.74, 6) is 0.743. The average Bonchev–Trinajstić information content (AvgIpc) is 2.99. The Kier molecular flexibility index (Phi) is 5.86. The standard InChI is InChI=1S/C16H28N2S/c1-4-15-7-8-16(19-15)12-18(10-13(2)3)11-14-6-5-9-17-14/h7-8,13-14,17H,4-6,9-12H2,1-3H3. The van der Waals surface area contributed by atoms with Crippen molar-refractivity contribution in [2.45, 2.75) is 52.6 Å². The highest BCUT2D eigenvalue weighted by atomic mass is 32.1. The summed E-state index contributed by atoms with van der Waals surface area (Å²) in [5, 5.41) is 3.62. The van der Waals surface area contributed by atoms with Crippen LogP contribution in [0.1, 0.15) is 43.4 Å². The maximum atomic E-state index is 3.62. The number of nitrogens with one attached hydrogen (secondary N) is 1. The van der Waals surface area contributed by atoms with Crippen molar-refractivity contribution in [1.29, 1.82) is 0 Å². The first-order valence-electron chi connectivity index (χ1n) is 7.70. The molecule has 3 heteroatoms. The minimum Gasteiger partial charge on any atom is -0.313 e. The normalized spacial score (nSPS) is 19.7. The summed E-state index contributed by atoms with van der Waals surface area (Å²) in [5.41, 5.74) is 0. The molecule has 1 aromatic rings. The van der Waals surface area contributed by atoms with Crippen LogP contribution in [-0.4, -0.2) is 30.6 Å². The molecule has 0 spiro atoms. The van der Waals surface area contributed by atoms with E-state index >= 15 is 0 Å². The lowest BCUT2D eigenvalue weighted by molar-refractivity contribution is 0.218. The third kappa shape index (κ3) is 4.90. The van der Waals surface area contributed by atoms with E-state index in [0.29, 0.717) is 6.04 Å². The van der Waals surface area contributed by atoms with E-state index in [1.807, 2.05) is 11.3 Å². The predicted molar refractivity (Wildman–Crippen MR) is 84.8 cm³/mol. The highest BCUT2D eigenvalue weighted by molar-refractivity contribution is 7.11. The van der Waals surface area contributed by atoms with Gasteiger partial charge in [-0.3, -0.25) is 4.90 Å². The van der Waals surface area contributed by atoms with Crippen molar-refractivity contribution in [1.82, 2.24) is 10.2 Å². The molecule has 1 aliphatic heterocycles. The minimum atomic E-state index is 0.712. The largest absolute Gasteiger partial charge is 0.313 e. The molecule has 0 aliphatic carbocycles. The van der Waals surface area contributed by atoms with Crippen LogP contribution in [0.5, 0.6) is 0 Å². The van der Waals surface area contributed by atoms with Gasteiger partial charge < -0.3 is 5.32 Å². The highest BCUT2D eigenvalue weighted by Crippen LogP contribution is 2.20. The second-order valence-electron chi connectivity index (χ2n) is 6.10. The van der Waals surface area contributed by atoms with Crippen molar-refractivity contribution >= 4 is 11.3 Å². The number of nitrogens with zero attached hydrogens (tertiary/aromatic N) is 1. The summed E-state index contributed by atoms with van der Waals surface area (Å²) in [7, 11) is 0. The first-order chi connectivity index (χ1) is 9.17. The third-order valence-corrected chi connectivity index (χ3v) is 4.92. The first-order valence-corrected chi connectivity index (χ1v) is 8.52. The zero-order valence-corrected chi connectivity index (χ0v) is 13.4. The van der Waals surface area contributed by atoms with Gasteiger partial charge in [0.05, 0.1) is 0 Å². The Bertz CT molecular complexity index is 367. The lowest BCUT2D eigenvalue weighted by Crippen LogP contribution is -2.38. The van der Waals surface area contributed by atoms with Crippen LogP contribution < -0.4 is 5.32 Å². The lowest BCUT2D eigenvalue weighted by Gasteiger charge is -2.26. The van der Waals surface area contributed by atoms with Crippen molar-refractivity contribution < 1.29 is 0 Å². The predicted octanol–water partition coefficient (Wildman–Crippen LogP) is 3.52. The minimum absolute atomic E-state index is 0.712. The Morgan fingerprint density at radius 2 is 2.16 bits per heavy atom. The second kappa shape index (κ2) is 7.41. The van der Waals surface area contributed by atoms with Gasteiger partial charge in [0.15, 0.2) is 0 Å². The smallest absolute Gasteiger partial charge is 0.0328 e. The molecule has 0 aromatic carbocycles. The Morgan fingerprint density at radius 3 is 2.74 bits per heavy atom. The van der Waals surface area contributed by atoms with Gasteiger partial charge in [0.2, 0.25) is 0 Å². The fourth-order valence-corrected chi connectivity index (χ4v) is 3.86. The molecular weight excluding hydrogens is 252 g/mol. The van der Waals surface area contributed by atoms with E-state index in [2.05, 4.69) is 43.1 Å². The van der Waals surface area contributed by atoms with Gasteiger partial charge in [-0.2, -0.15) is 0 Å². The van der Waals surface area contributed by atoms with Gasteiger partial charge in [-0.15, -0.1) is 11.3 Å². The molecule has 1 unspecified atom stereocenters. The number of hydrogen-bond acceptors (Lipinski definition) is 3. The van der Waals surface area contributed by atoms with Crippen molar-refractivity contribution in [2.75, 3.05) is 19.6 Å². The molecule has 0 radical (unpaired) electrons. The maximum Gasteiger partial charge on any atom is 0.0328 e. The lowest BCUT2D eigenvalue weighted by atomic mass is 10.1. The number of aryl methyl sites for hydroxylation is 1. The first kappa shape index (κ1) is 15.0. The summed E-state index contributed by atoms with van der Waals surface area (Å²) in [6, 6.07) is 5.32. The monoisotopic (exact) mass is 280 g/mol. The zero-order valence-electron chi connectivity index (χ0n) is 12.6. The Labute approximate surface area is 122 Å². The number of hydrogen-bond donors (Lipinski definition) is 1. The van der Waals surface area contributed by atoms with Gasteiger partial charge in [-0.25, -0.2) is 0 Å². The molecule has 0 saturated carbocycles. The van der Waals surface area contributed by atoms with E-state index in [1.54, 1.807) is 0 Å². The average molecular weight is 280 g/mol. The van der Waals surface area contributed by atoms with Crippen LogP contribution in [0.3, 0.4) is 0 Å². The van der Waals surface area contributed by atoms with E-state index in [9.17, 15) is 0 Å². The molecule has 0 bridgehead atoms. The molecule has 108 valence electrons. The quantitative estimate of drug-likeness (QED) is 0.822. The molecule has 1 N–H and O–H groups in total. The fraction of sp³-hybridized carbons (Fsp3) is 0.750. The van der Waals surface area contributed by atoms with Gasteiger partial charge in [0.25, 0.3) is 0 Å². The van der Waals surface area contributed by atoms with Gasteiger partial charge in [-0.05, 0) is 43.9 Å². The summed E-state index contributed by atoms with van der Waals surface area (Å²) >= 11 is 1.98. The Hall–Kier alpha value is -0.380. The zero-order chi connectivity index (χ0) is 13.7. The topological polar surface area (TPSA) is 15.3 Å². The molecule has 1 aromatic heterocycles. The maximum absolute atomic E-state index is 3.62. The van der Waals surface area contributed by atoms with Gasteiger partial charge in [-0.1, -0.05) is 20.8 Å². The van der Waals surface area contributed by atoms with Crippen LogP contribution >= 0.6 is 11.3 Å². The Balaban J connectivity index is 1.91. The van der Waals surface area contributed by atoms with Crippen molar-refractivity contribution in [3.63, 3.8) is 0 Å². The molecule has 1 fully saturated rings. The van der Waals surface area contributed by atoms with E-state index in [0.717, 1.165) is 12.5 Å². The van der Waals surface area contributed by atoms with Crippen LogP contribution in [0.15, 0.2) is 12.1 Å². The van der Waals surface area contributed by atoms with Crippen LogP contribution in [-0.2, 0) is 13.0 Å². The highest BCUT2D eigenvalue weighted by Gasteiger charge is 2.19. The van der Waals surface area contributed by atoms with Gasteiger partial charge in [0, 0.05) is 35.4 Å². The summed E-state index contributed by atoms with van der Waals surface area (Å²) < 4.78 is 0. The fourth-order valence-electron chi connectivity index (χ4n) is 2.86.